The minimum Gasteiger partial charge on any atom is -0.348 e. The van der Waals surface area contributed by atoms with Crippen molar-refractivity contribution >= 4 is 29.1 Å². The van der Waals surface area contributed by atoms with Crippen molar-refractivity contribution in [3.63, 3.8) is 0 Å². The highest BCUT2D eigenvalue weighted by atomic mass is 19.1. The molecule has 8 heteroatoms. The number of anilines is 2. The van der Waals surface area contributed by atoms with Gasteiger partial charge < -0.3 is 21.3 Å². The Hall–Kier alpha value is -4.04. The predicted octanol–water partition coefficient (Wildman–Crippen LogP) is 5.60. The molecule has 1 aliphatic carbocycles. The minimum atomic E-state index is -0.590. The normalized spacial score (nSPS) is 17.2. The van der Waals surface area contributed by atoms with Gasteiger partial charge in [-0.15, -0.1) is 0 Å². The molecule has 1 fully saturated rings. The van der Waals surface area contributed by atoms with E-state index in [1.807, 2.05) is 24.3 Å². The van der Waals surface area contributed by atoms with Gasteiger partial charge in [0.2, 0.25) is 11.8 Å². The van der Waals surface area contributed by atoms with Gasteiger partial charge in [-0.05, 0) is 59.4 Å². The molecule has 0 bridgehead atoms. The van der Waals surface area contributed by atoms with Crippen LogP contribution in [0.5, 0.6) is 0 Å². The van der Waals surface area contributed by atoms with Gasteiger partial charge in [-0.1, -0.05) is 62.1 Å². The first-order valence-electron chi connectivity index (χ1n) is 14.0. The first-order valence-corrected chi connectivity index (χ1v) is 14.0. The van der Waals surface area contributed by atoms with E-state index < -0.39 is 6.04 Å². The first kappa shape index (κ1) is 27.5. The second kappa shape index (κ2) is 12.4. The van der Waals surface area contributed by atoms with Crippen LogP contribution in [-0.2, 0) is 22.7 Å². The van der Waals surface area contributed by atoms with Gasteiger partial charge in [-0.3, -0.25) is 14.4 Å². The molecule has 1 atom stereocenters. The first-order chi connectivity index (χ1) is 19.4. The van der Waals surface area contributed by atoms with Crippen molar-refractivity contribution in [3.8, 4) is 0 Å². The fraction of sp³-hybridized carbons (Fsp3) is 0.344. The van der Waals surface area contributed by atoms with Crippen molar-refractivity contribution in [2.24, 2.45) is 11.7 Å². The van der Waals surface area contributed by atoms with Crippen LogP contribution in [0.25, 0.3) is 0 Å². The molecule has 4 N–H and O–H groups in total. The van der Waals surface area contributed by atoms with E-state index in [-0.39, 0.29) is 30.0 Å². The Morgan fingerprint density at radius 2 is 1.75 bits per heavy atom. The van der Waals surface area contributed by atoms with Crippen molar-refractivity contribution in [1.82, 2.24) is 5.32 Å². The van der Waals surface area contributed by atoms with Crippen LogP contribution in [0.15, 0.2) is 66.7 Å². The number of halogens is 1. The number of amides is 3. The van der Waals surface area contributed by atoms with Crippen LogP contribution < -0.4 is 21.3 Å². The molecule has 7 nitrogen and oxygen atoms in total. The number of benzene rings is 3. The van der Waals surface area contributed by atoms with Gasteiger partial charge in [0.25, 0.3) is 5.91 Å². The number of hydrogen-bond acceptors (Lipinski definition) is 4. The fourth-order valence-electron chi connectivity index (χ4n) is 5.78. The zero-order valence-electron chi connectivity index (χ0n) is 22.5. The quantitative estimate of drug-likeness (QED) is 0.345. The summed E-state index contributed by atoms with van der Waals surface area (Å²) in [5.41, 5.74) is 9.62. The van der Waals surface area contributed by atoms with Crippen LogP contribution in [0.4, 0.5) is 15.8 Å². The minimum absolute atomic E-state index is 0.0223. The highest BCUT2D eigenvalue weighted by Crippen LogP contribution is 2.40. The van der Waals surface area contributed by atoms with Gasteiger partial charge in [0, 0.05) is 25.1 Å². The van der Waals surface area contributed by atoms with Crippen molar-refractivity contribution < 1.29 is 18.8 Å². The second-order valence-electron chi connectivity index (χ2n) is 10.7. The largest absolute Gasteiger partial charge is 0.348 e. The Balaban J connectivity index is 1.42. The number of hydrogen-bond donors (Lipinski definition) is 3. The van der Waals surface area contributed by atoms with Gasteiger partial charge in [0.15, 0.2) is 0 Å². The SMILES string of the molecule is NCc1cccc(CNC(=O)c2ccc3c(c2)NC(=O)CC(c2ccc(F)cc2)N3C(=O)CCC2CCCC2)c1. The van der Waals surface area contributed by atoms with Crippen molar-refractivity contribution in [2.45, 2.75) is 64.1 Å². The summed E-state index contributed by atoms with van der Waals surface area (Å²) < 4.78 is 13.7. The Morgan fingerprint density at radius 3 is 2.50 bits per heavy atom. The molecule has 3 aromatic carbocycles. The zero-order chi connectivity index (χ0) is 28.1. The van der Waals surface area contributed by atoms with E-state index in [0.717, 1.165) is 30.4 Å². The number of fused-ring (bicyclic) bond motifs is 1. The van der Waals surface area contributed by atoms with Crippen LogP contribution in [-0.4, -0.2) is 17.7 Å². The Labute approximate surface area is 233 Å². The molecule has 208 valence electrons. The molecule has 2 aliphatic rings. The maximum absolute atomic E-state index is 13.8. The molecule has 1 unspecified atom stereocenters. The predicted molar refractivity (Wildman–Crippen MR) is 153 cm³/mol. The van der Waals surface area contributed by atoms with E-state index in [2.05, 4.69) is 10.6 Å². The highest BCUT2D eigenvalue weighted by Gasteiger charge is 2.34. The zero-order valence-corrected chi connectivity index (χ0v) is 22.5. The summed E-state index contributed by atoms with van der Waals surface area (Å²) in [5, 5.41) is 5.82. The maximum Gasteiger partial charge on any atom is 0.251 e. The lowest BCUT2D eigenvalue weighted by Crippen LogP contribution is -2.35. The number of carbonyl (C=O) groups is 3. The van der Waals surface area contributed by atoms with Crippen LogP contribution in [0.3, 0.4) is 0 Å². The molecule has 1 heterocycles. The molecular formula is C32H35FN4O3. The van der Waals surface area contributed by atoms with Gasteiger partial charge in [0.05, 0.1) is 23.8 Å². The average molecular weight is 543 g/mol. The summed E-state index contributed by atoms with van der Waals surface area (Å²) in [6.07, 6.45) is 5.86. The monoisotopic (exact) mass is 542 g/mol. The smallest absolute Gasteiger partial charge is 0.251 e. The molecule has 1 saturated carbocycles. The molecule has 3 aromatic rings. The van der Waals surface area contributed by atoms with Crippen LogP contribution in [0, 0.1) is 11.7 Å². The number of rotatable bonds is 8. The summed E-state index contributed by atoms with van der Waals surface area (Å²) >= 11 is 0. The average Bonchev–Trinajstić information content (AvgIpc) is 3.44. The van der Waals surface area contributed by atoms with E-state index >= 15 is 0 Å². The number of nitrogens with two attached hydrogens (primary N) is 1. The lowest BCUT2D eigenvalue weighted by Gasteiger charge is -2.31. The standard InChI is InChI=1S/C32H35FN4O3/c33-26-12-9-24(10-13-26)29-18-30(38)36-27-17-25(32(40)35-20-23-7-3-6-22(16-23)19-34)11-14-28(27)37(29)31(39)15-8-21-4-1-2-5-21/h3,6-7,9-14,16-17,21,29H,1-2,4-5,8,15,18-20,34H2,(H,35,40)(H,36,38). The number of nitrogens with zero attached hydrogens (tertiary/aromatic N) is 1. The molecule has 0 aromatic heterocycles. The summed E-state index contributed by atoms with van der Waals surface area (Å²) in [7, 11) is 0. The maximum atomic E-state index is 13.8. The molecule has 1 aliphatic heterocycles. The second-order valence-corrected chi connectivity index (χ2v) is 10.7. The van der Waals surface area contributed by atoms with Crippen molar-refractivity contribution in [3.05, 3.63) is 94.8 Å². The van der Waals surface area contributed by atoms with Crippen molar-refractivity contribution in [1.29, 1.82) is 0 Å². The molecule has 0 saturated heterocycles. The lowest BCUT2D eigenvalue weighted by molar-refractivity contribution is -0.119. The third-order valence-corrected chi connectivity index (χ3v) is 7.93. The Kier molecular flexibility index (Phi) is 8.55. The highest BCUT2D eigenvalue weighted by molar-refractivity contribution is 6.06. The summed E-state index contributed by atoms with van der Waals surface area (Å²) in [6, 6.07) is 18.0. The van der Waals surface area contributed by atoms with E-state index in [0.29, 0.717) is 47.9 Å². The number of nitrogens with one attached hydrogen (secondary N) is 2. The van der Waals surface area contributed by atoms with Crippen LogP contribution in [0.1, 0.15) is 78.0 Å². The van der Waals surface area contributed by atoms with Crippen LogP contribution in [0.2, 0.25) is 0 Å². The van der Waals surface area contributed by atoms with E-state index in [4.69, 9.17) is 5.73 Å². The van der Waals surface area contributed by atoms with Gasteiger partial charge >= 0.3 is 0 Å². The molecule has 5 rings (SSSR count). The third kappa shape index (κ3) is 6.39. The Morgan fingerprint density at radius 1 is 1.00 bits per heavy atom. The molecule has 40 heavy (non-hydrogen) atoms. The van der Waals surface area contributed by atoms with Crippen LogP contribution >= 0.6 is 0 Å². The van der Waals surface area contributed by atoms with Gasteiger partial charge in [-0.2, -0.15) is 0 Å². The van der Waals surface area contributed by atoms with E-state index in [1.54, 1.807) is 35.2 Å². The molecule has 0 radical (unpaired) electrons. The van der Waals surface area contributed by atoms with E-state index in [1.165, 1.54) is 25.0 Å². The molecular weight excluding hydrogens is 507 g/mol. The molecule has 3 amide bonds. The summed E-state index contributed by atoms with van der Waals surface area (Å²) in [4.78, 5) is 41.5. The topological polar surface area (TPSA) is 105 Å². The number of carbonyl (C=O) groups excluding carboxylic acids is 3. The summed E-state index contributed by atoms with van der Waals surface area (Å²) in [6.45, 7) is 0.746. The van der Waals surface area contributed by atoms with Gasteiger partial charge in [-0.25, -0.2) is 4.39 Å². The molecule has 0 spiro atoms. The van der Waals surface area contributed by atoms with Crippen molar-refractivity contribution in [2.75, 3.05) is 10.2 Å². The third-order valence-electron chi connectivity index (χ3n) is 7.93. The lowest BCUT2D eigenvalue weighted by atomic mass is 9.98. The fourth-order valence-corrected chi connectivity index (χ4v) is 5.78. The summed E-state index contributed by atoms with van der Waals surface area (Å²) in [5.74, 6) is -0.509. The van der Waals surface area contributed by atoms with Gasteiger partial charge in [0.1, 0.15) is 5.82 Å². The van der Waals surface area contributed by atoms with E-state index in [9.17, 15) is 18.8 Å². The Bertz CT molecular complexity index is 1390.